The van der Waals surface area contributed by atoms with Crippen molar-refractivity contribution in [2.75, 3.05) is 13.7 Å². The maximum atomic E-state index is 11.5. The summed E-state index contributed by atoms with van der Waals surface area (Å²) < 4.78 is 4.63. The van der Waals surface area contributed by atoms with Crippen molar-refractivity contribution < 1.29 is 29.3 Å². The van der Waals surface area contributed by atoms with E-state index < -0.39 is 28.2 Å². The number of Topliss-reactive ketones (excluding diaryl/α,β-unsaturated/α-hetero) is 1. The summed E-state index contributed by atoms with van der Waals surface area (Å²) in [4.78, 5) is 31.1. The van der Waals surface area contributed by atoms with Crippen LogP contribution in [0.5, 0.6) is 0 Å². The summed E-state index contributed by atoms with van der Waals surface area (Å²) in [6.07, 6.45) is 2.91. The van der Waals surface area contributed by atoms with Gasteiger partial charge in [0.05, 0.1) is 24.1 Å². The van der Waals surface area contributed by atoms with Crippen LogP contribution in [0.3, 0.4) is 0 Å². The molecule has 2 rings (SSSR count). The Labute approximate surface area is 168 Å². The Morgan fingerprint density at radius 2 is 1.56 bits per heavy atom. The first-order valence-corrected chi connectivity index (χ1v) is 21.8. The molecule has 2 aromatic rings. The second-order valence-corrected chi connectivity index (χ2v) is 40.3. The molecular weight excluding hydrogens is 686 g/mol. The van der Waals surface area contributed by atoms with Crippen molar-refractivity contribution in [2.24, 2.45) is 0 Å². The Kier molecular flexibility index (Phi) is 9.70. The summed E-state index contributed by atoms with van der Waals surface area (Å²) in [5, 5.41) is 8.85. The first-order valence-electron chi connectivity index (χ1n) is 6.28. The number of carbonyl (C=O) groups is 2. The van der Waals surface area contributed by atoms with Gasteiger partial charge in [-0.25, -0.2) is 4.79 Å². The van der Waals surface area contributed by atoms with Crippen molar-refractivity contribution in [1.29, 1.82) is 0 Å². The minimum absolute atomic E-state index is 0.336. The van der Waals surface area contributed by atoms with Gasteiger partial charge in [0, 0.05) is 18.0 Å². The van der Waals surface area contributed by atoms with Crippen molar-refractivity contribution in [3.8, 4) is 11.4 Å². The summed E-state index contributed by atoms with van der Waals surface area (Å²) in [5.74, 6) is -0.881. The van der Waals surface area contributed by atoms with Crippen molar-refractivity contribution in [3.63, 3.8) is 0 Å². The van der Waals surface area contributed by atoms with Gasteiger partial charge in [0.25, 0.3) is 0 Å². The number of ketones is 1. The fourth-order valence-electron chi connectivity index (χ4n) is 1.65. The number of hydrogen-bond donors (Lipinski definition) is 1. The van der Waals surface area contributed by atoms with Crippen LogP contribution in [0.25, 0.3) is 11.4 Å². The van der Waals surface area contributed by atoms with Crippen LogP contribution in [0.1, 0.15) is 20.7 Å². The zero-order valence-electron chi connectivity index (χ0n) is 12.6. The van der Waals surface area contributed by atoms with Gasteiger partial charge in [0.1, 0.15) is 6.61 Å². The molecule has 0 radical (unpaired) electrons. The molecule has 0 aliphatic carbocycles. The Balaban J connectivity index is 0.000000550. The number of methoxy groups -OCH3 is 1. The molecule has 2 aromatic heterocycles. The molecule has 0 bridgehead atoms. The molecule has 2 heterocycles. The first-order chi connectivity index (χ1) is 11.7. The van der Waals surface area contributed by atoms with Crippen LogP contribution < -0.4 is 0 Å². The fourth-order valence-corrected chi connectivity index (χ4v) is 1.65. The first kappa shape index (κ1) is 22.7. The number of aliphatic hydroxyl groups excluding tert-OH is 1. The molecule has 140 valence electrons. The van der Waals surface area contributed by atoms with Gasteiger partial charge < -0.3 is 9.84 Å². The SMILES string of the molecule is COC(=O)c1ccnc(-c2cc(C(=O)CO)ccn2)c1.[Cl][Pt]([Cl])([Br])[Br]. The van der Waals surface area contributed by atoms with E-state index in [2.05, 4.69) is 41.3 Å². The third kappa shape index (κ3) is 8.71. The van der Waals surface area contributed by atoms with Crippen molar-refractivity contribution in [3.05, 3.63) is 47.8 Å². The van der Waals surface area contributed by atoms with Gasteiger partial charge in [-0.15, -0.1) is 0 Å². The number of pyridine rings is 2. The Morgan fingerprint density at radius 3 is 2.00 bits per heavy atom. The average Bonchev–Trinajstić information content (AvgIpc) is 2.59. The molecule has 0 unspecified atom stereocenters. The van der Waals surface area contributed by atoms with Gasteiger partial charge in [-0.3, -0.25) is 14.8 Å². The monoisotopic (exact) mass is 695 g/mol. The van der Waals surface area contributed by atoms with Gasteiger partial charge in [-0.1, -0.05) is 0 Å². The van der Waals surface area contributed by atoms with E-state index in [9.17, 15) is 9.59 Å². The molecule has 0 atom stereocenters. The van der Waals surface area contributed by atoms with Gasteiger partial charge >= 0.3 is 61.3 Å². The van der Waals surface area contributed by atoms with Crippen LogP contribution in [0.2, 0.25) is 0 Å². The predicted octanol–water partition coefficient (Wildman–Crippen LogP) is 4.17. The zero-order chi connectivity index (χ0) is 19.0. The minimum atomic E-state index is -2.38. The Morgan fingerprint density at radius 1 is 1.12 bits per heavy atom. The van der Waals surface area contributed by atoms with Crippen molar-refractivity contribution >= 4 is 57.2 Å². The molecule has 6 nitrogen and oxygen atoms in total. The summed E-state index contributed by atoms with van der Waals surface area (Å²) in [6, 6.07) is 6.08. The number of ether oxygens (including phenoxy) is 1. The second-order valence-electron chi connectivity index (χ2n) is 4.20. The van der Waals surface area contributed by atoms with Crippen LogP contribution in [-0.4, -0.2) is 40.5 Å². The topological polar surface area (TPSA) is 89.4 Å². The molecule has 25 heavy (non-hydrogen) atoms. The van der Waals surface area contributed by atoms with Gasteiger partial charge in [0.15, 0.2) is 5.78 Å². The van der Waals surface area contributed by atoms with Crippen LogP contribution >= 0.6 is 45.4 Å². The van der Waals surface area contributed by atoms with Crippen LogP contribution in [-0.2, 0) is 14.6 Å². The number of aromatic nitrogens is 2. The third-order valence-electron chi connectivity index (χ3n) is 2.67. The van der Waals surface area contributed by atoms with Gasteiger partial charge in [-0.05, 0) is 24.3 Å². The molecule has 0 fully saturated rings. The zero-order valence-corrected chi connectivity index (χ0v) is 19.5. The molecule has 0 aliphatic heterocycles. The number of halogens is 4. The van der Waals surface area contributed by atoms with Crippen molar-refractivity contribution in [2.45, 2.75) is 0 Å². The predicted molar refractivity (Wildman–Crippen MR) is 99.8 cm³/mol. The quantitative estimate of drug-likeness (QED) is 0.382. The van der Waals surface area contributed by atoms with Gasteiger partial charge in [-0.2, -0.15) is 0 Å². The van der Waals surface area contributed by atoms with Crippen LogP contribution in [0, 0.1) is 0 Å². The van der Waals surface area contributed by atoms with E-state index in [1.54, 1.807) is 0 Å². The molecule has 0 aliphatic rings. The summed E-state index contributed by atoms with van der Waals surface area (Å²) in [6.45, 7) is -0.570. The standard InChI is InChI=1S/C14H12N2O4.2BrH.2ClH.Pt/c1-20-14(19)10-3-5-16-12(7-10)11-6-9(2-4-15-11)13(18)8-17;;;;;/h2-7,17H,8H2,1H3;4*1H;/q;;;;;+4/p-4. The van der Waals surface area contributed by atoms with E-state index in [4.69, 9.17) is 23.9 Å². The van der Waals surface area contributed by atoms with E-state index in [-0.39, 0.29) is 0 Å². The molecule has 0 saturated carbocycles. The molecule has 1 N–H and O–H groups in total. The Bertz CT molecular complexity index is 696. The molecule has 0 aromatic carbocycles. The van der Waals surface area contributed by atoms with E-state index in [1.807, 2.05) is 0 Å². The van der Waals surface area contributed by atoms with Crippen LogP contribution in [0.4, 0.5) is 0 Å². The average molecular weight is 698 g/mol. The second kappa shape index (κ2) is 10.7. The number of carbonyl (C=O) groups excluding carboxylic acids is 2. The van der Waals surface area contributed by atoms with E-state index >= 15 is 0 Å². The Hall–Kier alpha value is -0.372. The molecule has 0 saturated heterocycles. The van der Waals surface area contributed by atoms with E-state index in [0.717, 1.165) is 0 Å². The number of hydrogen-bond acceptors (Lipinski definition) is 6. The van der Waals surface area contributed by atoms with E-state index in [1.165, 1.54) is 43.8 Å². The summed E-state index contributed by atoms with van der Waals surface area (Å²) >= 11 is 6.01. The molecule has 0 spiro atoms. The van der Waals surface area contributed by atoms with E-state index in [0.29, 0.717) is 22.5 Å². The fraction of sp³-hybridized carbons (Fsp3) is 0.143. The third-order valence-corrected chi connectivity index (χ3v) is 2.67. The normalized spacial score (nSPS) is 11.1. The molecule has 0 amide bonds. The number of esters is 1. The maximum absolute atomic E-state index is 11.5. The number of aliphatic hydroxyl groups is 1. The summed E-state index contributed by atoms with van der Waals surface area (Å²) in [7, 11) is 9.54. The molecular formula is C14H12Br2Cl2N2O4Pt. The van der Waals surface area contributed by atoms with Crippen LogP contribution in [0.15, 0.2) is 36.7 Å². The summed E-state index contributed by atoms with van der Waals surface area (Å²) in [5.41, 5.74) is 1.57. The van der Waals surface area contributed by atoms with Gasteiger partial charge in [0.2, 0.25) is 0 Å². The number of nitrogens with zero attached hydrogens (tertiary/aromatic N) is 2. The number of rotatable bonds is 4. The van der Waals surface area contributed by atoms with Crippen molar-refractivity contribution in [1.82, 2.24) is 9.97 Å². The molecule has 11 heteroatoms.